The van der Waals surface area contributed by atoms with E-state index in [1.54, 1.807) is 18.4 Å². The SMILES string of the molecule is C/C=C(\C(=O)NC1C(=O)N2C(OC(=O)O)=C(COC(C)=O)CS[C@@H]12)c1csc(N)n1. The Morgan fingerprint density at radius 2 is 2.20 bits per heavy atom. The zero-order valence-corrected chi connectivity index (χ0v) is 17.5. The molecule has 30 heavy (non-hydrogen) atoms. The van der Waals surface area contributed by atoms with Crippen LogP contribution >= 0.6 is 23.1 Å². The van der Waals surface area contributed by atoms with E-state index in [1.165, 1.54) is 30.0 Å². The van der Waals surface area contributed by atoms with E-state index in [1.807, 2.05) is 0 Å². The van der Waals surface area contributed by atoms with Crippen LogP contribution in [0, 0.1) is 0 Å². The van der Waals surface area contributed by atoms with Crippen LogP contribution in [0.5, 0.6) is 0 Å². The summed E-state index contributed by atoms with van der Waals surface area (Å²) in [4.78, 5) is 52.7. The highest BCUT2D eigenvalue weighted by atomic mass is 32.2. The number of rotatable bonds is 6. The number of thioether (sulfide) groups is 1. The number of nitrogens with one attached hydrogen (secondary N) is 1. The van der Waals surface area contributed by atoms with Gasteiger partial charge in [0.05, 0.1) is 11.3 Å². The third kappa shape index (κ3) is 4.26. The van der Waals surface area contributed by atoms with Crippen LogP contribution in [0.2, 0.25) is 0 Å². The van der Waals surface area contributed by atoms with Crippen molar-refractivity contribution in [3.05, 3.63) is 28.6 Å². The van der Waals surface area contributed by atoms with E-state index in [4.69, 9.17) is 20.3 Å². The molecule has 1 saturated heterocycles. The lowest BCUT2D eigenvalue weighted by Gasteiger charge is -2.49. The van der Waals surface area contributed by atoms with Crippen molar-refractivity contribution in [1.29, 1.82) is 0 Å². The fraction of sp³-hybridized carbons (Fsp3) is 0.353. The van der Waals surface area contributed by atoms with E-state index in [9.17, 15) is 19.2 Å². The number of fused-ring (bicyclic) bond motifs is 1. The van der Waals surface area contributed by atoms with Gasteiger partial charge in [-0.1, -0.05) is 6.08 Å². The van der Waals surface area contributed by atoms with Crippen LogP contribution in [0.15, 0.2) is 22.9 Å². The number of hydrogen-bond donors (Lipinski definition) is 3. The Bertz CT molecular complexity index is 971. The molecular weight excluding hydrogens is 436 g/mol. The fourth-order valence-electron chi connectivity index (χ4n) is 2.92. The third-order valence-electron chi connectivity index (χ3n) is 4.24. The summed E-state index contributed by atoms with van der Waals surface area (Å²) in [6.45, 7) is 2.68. The zero-order valence-electron chi connectivity index (χ0n) is 15.9. The second-order valence-corrected chi connectivity index (χ2v) is 8.19. The largest absolute Gasteiger partial charge is 0.512 e. The molecule has 1 aromatic heterocycles. The molecule has 160 valence electrons. The highest BCUT2D eigenvalue weighted by Crippen LogP contribution is 2.41. The third-order valence-corrected chi connectivity index (χ3v) is 6.26. The standard InChI is InChI=1S/C17H18N4O7S2/c1-3-9(10-6-30-16(18)19-10)12(23)20-11-13(24)21-14(28-17(25)26)8(4-27-7(2)22)5-29-15(11)21/h3,6,11,15H,4-5H2,1-2H3,(H2,18,19)(H,20,23)(H,25,26)/b9-3-/t11?,15-/m0/s1. The molecule has 13 heteroatoms. The number of carbonyl (C=O) groups excluding carboxylic acids is 3. The van der Waals surface area contributed by atoms with Gasteiger partial charge in [-0.05, 0) is 6.92 Å². The van der Waals surface area contributed by atoms with Gasteiger partial charge in [-0.15, -0.1) is 23.1 Å². The van der Waals surface area contributed by atoms with Crippen molar-refractivity contribution >= 4 is 57.7 Å². The Labute approximate surface area is 178 Å². The Balaban J connectivity index is 1.76. The van der Waals surface area contributed by atoms with Crippen molar-refractivity contribution in [3.8, 4) is 0 Å². The first-order chi connectivity index (χ1) is 14.2. The lowest BCUT2D eigenvalue weighted by molar-refractivity contribution is -0.148. The van der Waals surface area contributed by atoms with Crippen molar-refractivity contribution in [2.45, 2.75) is 25.3 Å². The van der Waals surface area contributed by atoms with Crippen LogP contribution < -0.4 is 11.1 Å². The van der Waals surface area contributed by atoms with Crippen LogP contribution in [0.4, 0.5) is 9.93 Å². The van der Waals surface area contributed by atoms with Gasteiger partial charge in [-0.3, -0.25) is 19.3 Å². The number of esters is 1. The van der Waals surface area contributed by atoms with E-state index >= 15 is 0 Å². The summed E-state index contributed by atoms with van der Waals surface area (Å²) in [5, 5.41) is 13.1. The van der Waals surface area contributed by atoms with Gasteiger partial charge in [0.15, 0.2) is 5.13 Å². The number of β-lactam (4-membered cyclic amide) rings is 1. The highest BCUT2D eigenvalue weighted by molar-refractivity contribution is 8.00. The van der Waals surface area contributed by atoms with Crippen molar-refractivity contribution < 1.29 is 33.8 Å². The van der Waals surface area contributed by atoms with Gasteiger partial charge in [0, 0.05) is 23.6 Å². The van der Waals surface area contributed by atoms with Gasteiger partial charge >= 0.3 is 12.1 Å². The van der Waals surface area contributed by atoms with Crippen LogP contribution in [0.1, 0.15) is 19.5 Å². The number of aromatic nitrogens is 1. The molecule has 0 spiro atoms. The maximum absolute atomic E-state index is 12.7. The van der Waals surface area contributed by atoms with Gasteiger partial charge in [0.1, 0.15) is 18.0 Å². The summed E-state index contributed by atoms with van der Waals surface area (Å²) in [5.41, 5.74) is 6.63. The fourth-order valence-corrected chi connectivity index (χ4v) is 4.79. The predicted molar refractivity (Wildman–Crippen MR) is 108 cm³/mol. The maximum Gasteiger partial charge on any atom is 0.512 e. The van der Waals surface area contributed by atoms with Crippen LogP contribution in [0.25, 0.3) is 5.57 Å². The van der Waals surface area contributed by atoms with Gasteiger partial charge in [-0.2, -0.15) is 0 Å². The van der Waals surface area contributed by atoms with Gasteiger partial charge in [0.25, 0.3) is 11.8 Å². The molecule has 0 aromatic carbocycles. The minimum atomic E-state index is -1.60. The van der Waals surface area contributed by atoms with Crippen LogP contribution in [-0.4, -0.2) is 62.7 Å². The Morgan fingerprint density at radius 3 is 2.77 bits per heavy atom. The highest BCUT2D eigenvalue weighted by Gasteiger charge is 2.54. The van der Waals surface area contributed by atoms with E-state index in [0.717, 1.165) is 4.90 Å². The molecule has 0 saturated carbocycles. The summed E-state index contributed by atoms with van der Waals surface area (Å²) in [6, 6.07) is -0.879. The van der Waals surface area contributed by atoms with Gasteiger partial charge in [0.2, 0.25) is 5.88 Å². The molecule has 3 rings (SSSR count). The second-order valence-electron chi connectivity index (χ2n) is 6.19. The maximum atomic E-state index is 12.7. The molecule has 2 amide bonds. The summed E-state index contributed by atoms with van der Waals surface area (Å²) >= 11 is 2.48. The minimum absolute atomic E-state index is 0.193. The topological polar surface area (TPSA) is 161 Å². The van der Waals surface area contributed by atoms with E-state index in [0.29, 0.717) is 16.4 Å². The molecule has 11 nitrogen and oxygen atoms in total. The predicted octanol–water partition coefficient (Wildman–Crippen LogP) is 0.998. The lowest BCUT2D eigenvalue weighted by atomic mass is 10.0. The Hall–Kier alpha value is -3.06. The number of nitrogen functional groups attached to an aromatic ring is 1. The first-order valence-electron chi connectivity index (χ1n) is 8.62. The summed E-state index contributed by atoms with van der Waals surface area (Å²) in [7, 11) is 0. The minimum Gasteiger partial charge on any atom is -0.461 e. The monoisotopic (exact) mass is 454 g/mol. The van der Waals surface area contributed by atoms with E-state index in [-0.39, 0.29) is 23.8 Å². The molecule has 2 aliphatic heterocycles. The molecule has 0 bridgehead atoms. The van der Waals surface area contributed by atoms with E-state index < -0.39 is 35.4 Å². The Morgan fingerprint density at radius 1 is 1.47 bits per heavy atom. The molecule has 3 heterocycles. The molecular formula is C17H18N4O7S2. The Kier molecular flexibility index (Phi) is 6.31. The zero-order chi connectivity index (χ0) is 22.0. The van der Waals surface area contributed by atoms with Crippen molar-refractivity contribution in [1.82, 2.24) is 15.2 Å². The number of anilines is 1. The summed E-state index contributed by atoms with van der Waals surface area (Å²) in [6.07, 6.45) is -0.0389. The van der Waals surface area contributed by atoms with Gasteiger partial charge in [-0.25, -0.2) is 9.78 Å². The molecule has 1 unspecified atom stereocenters. The van der Waals surface area contributed by atoms with Crippen LogP contribution in [-0.2, 0) is 23.9 Å². The molecule has 0 aliphatic carbocycles. The molecule has 1 aromatic rings. The first-order valence-corrected chi connectivity index (χ1v) is 10.5. The van der Waals surface area contributed by atoms with Crippen LogP contribution in [0.3, 0.4) is 0 Å². The molecule has 0 radical (unpaired) electrons. The smallest absolute Gasteiger partial charge is 0.461 e. The average molecular weight is 454 g/mol. The van der Waals surface area contributed by atoms with E-state index in [2.05, 4.69) is 10.3 Å². The number of thiazole rings is 1. The molecule has 2 atom stereocenters. The lowest BCUT2D eigenvalue weighted by Crippen LogP contribution is -2.70. The first kappa shape index (κ1) is 21.6. The molecule has 1 fully saturated rings. The molecule has 2 aliphatic rings. The quantitative estimate of drug-likeness (QED) is 0.321. The average Bonchev–Trinajstić information content (AvgIpc) is 3.10. The molecule has 4 N–H and O–H groups in total. The number of hydrogen-bond acceptors (Lipinski definition) is 10. The second kappa shape index (κ2) is 8.75. The van der Waals surface area contributed by atoms with Gasteiger partial charge < -0.3 is 25.6 Å². The number of carboxylic acid groups (broad SMARTS) is 1. The number of carbonyl (C=O) groups is 4. The number of amides is 2. The van der Waals surface area contributed by atoms with Crippen molar-refractivity contribution in [3.63, 3.8) is 0 Å². The number of nitrogens with zero attached hydrogens (tertiary/aromatic N) is 2. The number of nitrogens with two attached hydrogens (primary N) is 1. The van der Waals surface area contributed by atoms with Crippen molar-refractivity contribution in [2.24, 2.45) is 0 Å². The summed E-state index contributed by atoms with van der Waals surface area (Å²) in [5.74, 6) is -1.52. The normalized spacial score (nSPS) is 20.9. The number of allylic oxidation sites excluding steroid dienone is 1. The number of ether oxygens (including phenoxy) is 2. The van der Waals surface area contributed by atoms with Crippen molar-refractivity contribution in [2.75, 3.05) is 18.1 Å². The summed E-state index contributed by atoms with van der Waals surface area (Å²) < 4.78 is 9.69.